The van der Waals surface area contributed by atoms with Crippen molar-refractivity contribution in [1.29, 1.82) is 0 Å². The van der Waals surface area contributed by atoms with Crippen molar-refractivity contribution in [3.05, 3.63) is 83.3 Å². The average Bonchev–Trinajstić information content (AvgIpc) is 3.07. The highest BCUT2D eigenvalue weighted by Crippen LogP contribution is 2.24. The van der Waals surface area contributed by atoms with Gasteiger partial charge in [-0.3, -0.25) is 28.8 Å². The minimum absolute atomic E-state index is 0.0411. The number of amides is 2. The van der Waals surface area contributed by atoms with Crippen LogP contribution < -0.4 is 10.6 Å². The molecule has 2 aromatic rings. The van der Waals surface area contributed by atoms with Crippen LogP contribution in [0.25, 0.3) is 0 Å². The summed E-state index contributed by atoms with van der Waals surface area (Å²) in [6, 6.07) is 14.8. The molecule has 49 heavy (non-hydrogen) atoms. The first-order valence-electron chi connectivity index (χ1n) is 15.5. The van der Waals surface area contributed by atoms with Gasteiger partial charge >= 0.3 is 17.9 Å². The van der Waals surface area contributed by atoms with E-state index in [0.29, 0.717) is 5.56 Å². The Hall–Kier alpha value is -4.85. The topological polar surface area (TPSA) is 188 Å². The summed E-state index contributed by atoms with van der Waals surface area (Å²) < 4.78 is 38.1. The fraction of sp³-hybridized carbons (Fsp3) is 0.429. The standard InChI is InChI=1S/C35H44N2O11S/c1-23(2)28(35(43)36-27(20-31(40)47-4)16-17-49(5,44)45)21-29(38)33(25-14-10-7-11-15-25)37-34(42)26(18-30(39)46-3)19-32(41)48-22-24-12-8-6-9-13-24/h6-17,23,26-28,33H,18-22H2,1-5H3,(H,36,43)(H,37,42)/b17-16+/t26-,27-,28+,33+/m1/s1. The van der Waals surface area contributed by atoms with E-state index < -0.39 is 88.0 Å². The number of carbonyl (C=O) groups is 6. The van der Waals surface area contributed by atoms with Crippen molar-refractivity contribution in [1.82, 2.24) is 10.6 Å². The number of rotatable bonds is 19. The number of methoxy groups -OCH3 is 2. The summed E-state index contributed by atoms with van der Waals surface area (Å²) in [4.78, 5) is 77.9. The molecule has 0 aliphatic heterocycles. The van der Waals surface area contributed by atoms with Crippen molar-refractivity contribution in [2.75, 3.05) is 20.5 Å². The van der Waals surface area contributed by atoms with E-state index in [4.69, 9.17) is 9.47 Å². The van der Waals surface area contributed by atoms with Crippen LogP contribution in [0, 0.1) is 17.8 Å². The number of carbonyl (C=O) groups excluding carboxylic acids is 6. The molecule has 0 bridgehead atoms. The predicted octanol–water partition coefficient (Wildman–Crippen LogP) is 2.99. The van der Waals surface area contributed by atoms with Gasteiger partial charge in [-0.2, -0.15) is 0 Å². The summed E-state index contributed by atoms with van der Waals surface area (Å²) in [5.41, 5.74) is 1.12. The summed E-state index contributed by atoms with van der Waals surface area (Å²) >= 11 is 0. The molecular weight excluding hydrogens is 656 g/mol. The maximum Gasteiger partial charge on any atom is 0.307 e. The van der Waals surface area contributed by atoms with Gasteiger partial charge in [-0.25, -0.2) is 8.42 Å². The molecule has 2 amide bonds. The van der Waals surface area contributed by atoms with Crippen LogP contribution >= 0.6 is 0 Å². The van der Waals surface area contributed by atoms with E-state index in [-0.39, 0.29) is 19.4 Å². The van der Waals surface area contributed by atoms with Gasteiger partial charge in [0, 0.05) is 24.0 Å². The first-order valence-corrected chi connectivity index (χ1v) is 17.5. The van der Waals surface area contributed by atoms with Crippen LogP contribution in [-0.2, 0) is 59.4 Å². The van der Waals surface area contributed by atoms with E-state index in [1.807, 2.05) is 6.07 Å². The lowest BCUT2D eigenvalue weighted by atomic mass is 9.86. The van der Waals surface area contributed by atoms with Gasteiger partial charge in [-0.1, -0.05) is 80.6 Å². The minimum Gasteiger partial charge on any atom is -0.469 e. The van der Waals surface area contributed by atoms with Crippen molar-refractivity contribution in [3.63, 3.8) is 0 Å². The summed E-state index contributed by atoms with van der Waals surface area (Å²) in [6.45, 7) is 3.38. The van der Waals surface area contributed by atoms with Gasteiger partial charge in [-0.05, 0) is 17.0 Å². The van der Waals surface area contributed by atoms with Crippen molar-refractivity contribution in [2.45, 2.75) is 58.2 Å². The van der Waals surface area contributed by atoms with E-state index in [0.717, 1.165) is 37.5 Å². The molecule has 2 N–H and O–H groups in total. The highest BCUT2D eigenvalue weighted by molar-refractivity contribution is 7.93. The monoisotopic (exact) mass is 700 g/mol. The Morgan fingerprint density at radius 3 is 1.84 bits per heavy atom. The molecule has 4 atom stereocenters. The zero-order valence-electron chi connectivity index (χ0n) is 28.2. The van der Waals surface area contributed by atoms with Gasteiger partial charge in [0.1, 0.15) is 12.6 Å². The van der Waals surface area contributed by atoms with Crippen LogP contribution in [0.15, 0.2) is 72.1 Å². The Balaban J connectivity index is 2.30. The molecular formula is C35H44N2O11S. The molecule has 13 nitrogen and oxygen atoms in total. The van der Waals surface area contributed by atoms with E-state index in [9.17, 15) is 37.2 Å². The minimum atomic E-state index is -3.58. The number of nitrogens with one attached hydrogen (secondary N) is 2. The van der Waals surface area contributed by atoms with Gasteiger partial charge < -0.3 is 24.8 Å². The molecule has 0 fully saturated rings. The Morgan fingerprint density at radius 1 is 0.735 bits per heavy atom. The molecule has 14 heteroatoms. The van der Waals surface area contributed by atoms with Crippen molar-refractivity contribution in [2.24, 2.45) is 17.8 Å². The van der Waals surface area contributed by atoms with Gasteiger partial charge in [-0.15, -0.1) is 0 Å². The van der Waals surface area contributed by atoms with Crippen LogP contribution in [0.3, 0.4) is 0 Å². The summed E-state index contributed by atoms with van der Waals surface area (Å²) in [7, 11) is -1.29. The molecule has 2 aromatic carbocycles. The fourth-order valence-corrected chi connectivity index (χ4v) is 5.19. The number of esters is 3. The Labute approximate surface area is 286 Å². The lowest BCUT2D eigenvalue weighted by Crippen LogP contribution is -2.44. The third-order valence-electron chi connectivity index (χ3n) is 7.47. The first kappa shape index (κ1) is 40.3. The third-order valence-corrected chi connectivity index (χ3v) is 8.12. The molecule has 0 unspecified atom stereocenters. The third kappa shape index (κ3) is 14.8. The summed E-state index contributed by atoms with van der Waals surface area (Å²) in [5.74, 6) is -6.73. The van der Waals surface area contributed by atoms with E-state index in [2.05, 4.69) is 15.4 Å². The highest BCUT2D eigenvalue weighted by Gasteiger charge is 2.34. The zero-order chi connectivity index (χ0) is 36.6. The molecule has 0 heterocycles. The van der Waals surface area contributed by atoms with Crippen molar-refractivity contribution >= 4 is 45.3 Å². The SMILES string of the molecule is COC(=O)C[C@H](CC(=O)OCc1ccccc1)C(=O)N[C@H](C(=O)C[C@H](C(=O)N[C@H](/C=C/S(C)(=O)=O)CC(=O)OC)C(C)C)c1ccccc1. The molecule has 0 aliphatic carbocycles. The maximum absolute atomic E-state index is 13.9. The molecule has 266 valence electrons. The molecule has 0 aliphatic rings. The van der Waals surface area contributed by atoms with E-state index >= 15 is 0 Å². The molecule has 0 aromatic heterocycles. The van der Waals surface area contributed by atoms with E-state index in [1.54, 1.807) is 68.4 Å². The Kier molecular flexibility index (Phi) is 16.3. The van der Waals surface area contributed by atoms with Gasteiger partial charge in [0.25, 0.3) is 0 Å². The molecule has 0 spiro atoms. The zero-order valence-corrected chi connectivity index (χ0v) is 29.1. The predicted molar refractivity (Wildman–Crippen MR) is 179 cm³/mol. The van der Waals surface area contributed by atoms with Crippen LogP contribution in [0.4, 0.5) is 0 Å². The second-order valence-corrected chi connectivity index (χ2v) is 13.7. The number of benzene rings is 2. The van der Waals surface area contributed by atoms with E-state index in [1.165, 1.54) is 0 Å². The first-order chi connectivity index (χ1) is 23.1. The van der Waals surface area contributed by atoms with Gasteiger partial charge in [0.15, 0.2) is 15.6 Å². The number of sulfone groups is 1. The van der Waals surface area contributed by atoms with Crippen LogP contribution in [0.2, 0.25) is 0 Å². The normalized spacial score (nSPS) is 13.8. The molecule has 0 radical (unpaired) electrons. The molecule has 0 saturated carbocycles. The van der Waals surface area contributed by atoms with Gasteiger partial charge in [0.05, 0.1) is 45.4 Å². The largest absolute Gasteiger partial charge is 0.469 e. The Bertz CT molecular complexity index is 1570. The summed E-state index contributed by atoms with van der Waals surface area (Å²) in [6.07, 6.45) is 0.470. The second kappa shape index (κ2) is 19.8. The van der Waals surface area contributed by atoms with Crippen molar-refractivity contribution in [3.8, 4) is 0 Å². The number of hydrogen-bond acceptors (Lipinski definition) is 11. The summed E-state index contributed by atoms with van der Waals surface area (Å²) in [5, 5.41) is 6.14. The van der Waals surface area contributed by atoms with Gasteiger partial charge in [0.2, 0.25) is 11.8 Å². The lowest BCUT2D eigenvalue weighted by Gasteiger charge is -2.26. The smallest absolute Gasteiger partial charge is 0.307 e. The number of ketones is 1. The second-order valence-electron chi connectivity index (χ2n) is 11.8. The number of hydrogen-bond donors (Lipinski definition) is 2. The van der Waals surface area contributed by atoms with Crippen LogP contribution in [0.5, 0.6) is 0 Å². The maximum atomic E-state index is 13.9. The van der Waals surface area contributed by atoms with Crippen molar-refractivity contribution < 1.29 is 51.4 Å². The average molecular weight is 701 g/mol. The van der Waals surface area contributed by atoms with Crippen LogP contribution in [-0.4, -0.2) is 70.4 Å². The van der Waals surface area contributed by atoms with Crippen LogP contribution in [0.1, 0.15) is 56.7 Å². The number of ether oxygens (including phenoxy) is 3. The highest BCUT2D eigenvalue weighted by atomic mass is 32.2. The molecule has 2 rings (SSSR count). The quantitative estimate of drug-likeness (QED) is 0.162. The fourth-order valence-electron chi connectivity index (χ4n) is 4.72. The molecule has 0 saturated heterocycles. The number of Topliss-reactive ketones (excluding diaryl/α,β-unsaturated/α-hetero) is 1. The lowest BCUT2D eigenvalue weighted by molar-refractivity contribution is -0.151. The Morgan fingerprint density at radius 2 is 1.29 bits per heavy atom.